The summed E-state index contributed by atoms with van der Waals surface area (Å²) in [4.78, 5) is 0. The molecule has 4 aromatic rings. The van der Waals surface area contributed by atoms with Crippen LogP contribution in [-0.4, -0.2) is 25.9 Å². The smallest absolute Gasteiger partial charge is 0.136 e. The van der Waals surface area contributed by atoms with Gasteiger partial charge in [-0.1, -0.05) is 19.1 Å². The number of halogens is 1. The molecule has 0 amide bonds. The Balaban J connectivity index is 1.98. The molecule has 0 aliphatic rings. The van der Waals surface area contributed by atoms with E-state index in [4.69, 9.17) is 14.2 Å². The van der Waals surface area contributed by atoms with Gasteiger partial charge in [-0.2, -0.15) is 0 Å². The number of nitrogens with zero attached hydrogens (tertiary/aromatic N) is 1. The van der Waals surface area contributed by atoms with Crippen molar-refractivity contribution in [2.24, 2.45) is 0 Å². The highest BCUT2D eigenvalue weighted by atomic mass is 19.1. The van der Waals surface area contributed by atoms with Crippen LogP contribution in [0.15, 0.2) is 72.8 Å². The van der Waals surface area contributed by atoms with Crippen LogP contribution in [0.4, 0.5) is 4.39 Å². The Morgan fingerprint density at radius 2 is 1.21 bits per heavy atom. The SMILES string of the molecule is CCCn1c(-c2ccc(OC)cc2F)cc(-c2ccc(OC)cc2)c1-c1ccc(OC)cc1. The largest absolute Gasteiger partial charge is 0.497 e. The Kier molecular flexibility index (Phi) is 6.68. The summed E-state index contributed by atoms with van der Waals surface area (Å²) in [5, 5.41) is 0. The van der Waals surface area contributed by atoms with Gasteiger partial charge in [0.1, 0.15) is 23.1 Å². The van der Waals surface area contributed by atoms with Gasteiger partial charge < -0.3 is 18.8 Å². The van der Waals surface area contributed by atoms with Crippen LogP contribution in [0.25, 0.3) is 33.6 Å². The molecule has 1 aromatic heterocycles. The number of benzene rings is 3. The maximum absolute atomic E-state index is 15.2. The molecule has 0 radical (unpaired) electrons. The number of ether oxygens (including phenoxy) is 3. The Bertz CT molecular complexity index is 1230. The van der Waals surface area contributed by atoms with Crippen molar-refractivity contribution in [2.45, 2.75) is 19.9 Å². The van der Waals surface area contributed by atoms with Gasteiger partial charge in [0.2, 0.25) is 0 Å². The zero-order valence-corrected chi connectivity index (χ0v) is 19.4. The van der Waals surface area contributed by atoms with Crippen LogP contribution in [0, 0.1) is 5.82 Å². The van der Waals surface area contributed by atoms with Crippen LogP contribution >= 0.6 is 0 Å². The maximum Gasteiger partial charge on any atom is 0.136 e. The van der Waals surface area contributed by atoms with E-state index < -0.39 is 0 Å². The van der Waals surface area contributed by atoms with Crippen LogP contribution in [0.2, 0.25) is 0 Å². The Hall–Kier alpha value is -3.73. The molecular formula is C28H28FNO3. The molecule has 4 nitrogen and oxygen atoms in total. The van der Waals surface area contributed by atoms with Crippen molar-refractivity contribution in [2.75, 3.05) is 21.3 Å². The average Bonchev–Trinajstić information content (AvgIpc) is 3.23. The van der Waals surface area contributed by atoms with E-state index in [1.165, 1.54) is 13.2 Å². The first-order chi connectivity index (χ1) is 16.1. The number of methoxy groups -OCH3 is 3. The molecule has 0 N–H and O–H groups in total. The van der Waals surface area contributed by atoms with Gasteiger partial charge in [0.05, 0.1) is 32.7 Å². The zero-order valence-electron chi connectivity index (χ0n) is 19.4. The summed E-state index contributed by atoms with van der Waals surface area (Å²) in [5.74, 6) is 1.77. The summed E-state index contributed by atoms with van der Waals surface area (Å²) in [6.07, 6.45) is 0.907. The fourth-order valence-electron chi connectivity index (χ4n) is 4.11. The molecule has 5 heteroatoms. The molecular weight excluding hydrogens is 417 g/mol. The van der Waals surface area contributed by atoms with Crippen molar-refractivity contribution in [1.29, 1.82) is 0 Å². The van der Waals surface area contributed by atoms with Gasteiger partial charge >= 0.3 is 0 Å². The monoisotopic (exact) mass is 445 g/mol. The molecule has 1 heterocycles. The molecule has 0 aliphatic carbocycles. The lowest BCUT2D eigenvalue weighted by Gasteiger charge is -2.15. The lowest BCUT2D eigenvalue weighted by molar-refractivity contribution is 0.411. The second-order valence-electron chi connectivity index (χ2n) is 7.75. The van der Waals surface area contributed by atoms with E-state index in [1.807, 2.05) is 48.5 Å². The second-order valence-corrected chi connectivity index (χ2v) is 7.75. The van der Waals surface area contributed by atoms with Crippen molar-refractivity contribution in [3.63, 3.8) is 0 Å². The first kappa shape index (κ1) is 22.5. The molecule has 3 aromatic carbocycles. The molecule has 0 saturated carbocycles. The van der Waals surface area contributed by atoms with Gasteiger partial charge in [-0.15, -0.1) is 0 Å². The summed E-state index contributed by atoms with van der Waals surface area (Å²) in [6, 6.07) is 23.0. The van der Waals surface area contributed by atoms with Crippen molar-refractivity contribution >= 4 is 0 Å². The van der Waals surface area contributed by atoms with E-state index in [1.54, 1.807) is 26.4 Å². The number of rotatable bonds is 8. The topological polar surface area (TPSA) is 32.6 Å². The Morgan fingerprint density at radius 3 is 1.73 bits per heavy atom. The summed E-state index contributed by atoms with van der Waals surface area (Å²) in [6.45, 7) is 2.87. The third kappa shape index (κ3) is 4.44. The molecule has 170 valence electrons. The van der Waals surface area contributed by atoms with Crippen molar-refractivity contribution < 1.29 is 18.6 Å². The normalized spacial score (nSPS) is 10.8. The zero-order chi connectivity index (χ0) is 23.4. The number of hydrogen-bond donors (Lipinski definition) is 0. The highest BCUT2D eigenvalue weighted by Crippen LogP contribution is 2.41. The summed E-state index contributed by atoms with van der Waals surface area (Å²) in [5.41, 5.74) is 5.51. The first-order valence-electron chi connectivity index (χ1n) is 11.0. The van der Waals surface area contributed by atoms with Gasteiger partial charge in [-0.25, -0.2) is 4.39 Å². The second kappa shape index (κ2) is 9.82. The minimum atomic E-state index is -0.313. The average molecular weight is 446 g/mol. The van der Waals surface area contributed by atoms with Crippen LogP contribution in [-0.2, 0) is 6.54 Å². The minimum absolute atomic E-state index is 0.313. The summed E-state index contributed by atoms with van der Waals surface area (Å²) < 4.78 is 33.3. The van der Waals surface area contributed by atoms with Gasteiger partial charge in [0.25, 0.3) is 0 Å². The Morgan fingerprint density at radius 1 is 0.667 bits per heavy atom. The van der Waals surface area contributed by atoms with Gasteiger partial charge in [0.15, 0.2) is 0 Å². The molecule has 0 fully saturated rings. The molecule has 0 bridgehead atoms. The number of aromatic nitrogens is 1. The van der Waals surface area contributed by atoms with Crippen molar-refractivity contribution in [3.05, 3.63) is 78.6 Å². The summed E-state index contributed by atoms with van der Waals surface area (Å²) in [7, 11) is 4.85. The van der Waals surface area contributed by atoms with E-state index in [0.29, 0.717) is 11.3 Å². The van der Waals surface area contributed by atoms with E-state index >= 15 is 4.39 Å². The molecule has 0 aliphatic heterocycles. The fraction of sp³-hybridized carbons (Fsp3) is 0.214. The molecule has 0 unspecified atom stereocenters. The van der Waals surface area contributed by atoms with Crippen LogP contribution in [0.5, 0.6) is 17.2 Å². The van der Waals surface area contributed by atoms with E-state index in [2.05, 4.69) is 17.6 Å². The molecule has 0 atom stereocenters. The molecule has 0 saturated heterocycles. The van der Waals surface area contributed by atoms with Crippen LogP contribution < -0.4 is 14.2 Å². The first-order valence-corrected chi connectivity index (χ1v) is 11.0. The lowest BCUT2D eigenvalue weighted by atomic mass is 10.0. The van der Waals surface area contributed by atoms with E-state index in [0.717, 1.165) is 52.5 Å². The highest BCUT2D eigenvalue weighted by Gasteiger charge is 2.21. The molecule has 0 spiro atoms. The highest BCUT2D eigenvalue weighted by molar-refractivity contribution is 5.87. The third-order valence-corrected chi connectivity index (χ3v) is 5.76. The van der Waals surface area contributed by atoms with E-state index in [9.17, 15) is 0 Å². The Labute approximate surface area is 194 Å². The van der Waals surface area contributed by atoms with Gasteiger partial charge in [-0.05, 0) is 72.1 Å². The number of hydrogen-bond acceptors (Lipinski definition) is 3. The predicted molar refractivity (Wildman–Crippen MR) is 131 cm³/mol. The molecule has 33 heavy (non-hydrogen) atoms. The van der Waals surface area contributed by atoms with E-state index in [-0.39, 0.29) is 5.82 Å². The summed E-state index contributed by atoms with van der Waals surface area (Å²) >= 11 is 0. The molecule has 4 rings (SSSR count). The van der Waals surface area contributed by atoms with Gasteiger partial charge in [-0.3, -0.25) is 0 Å². The van der Waals surface area contributed by atoms with Gasteiger partial charge in [0, 0.05) is 23.7 Å². The standard InChI is InChI=1S/C28H28FNO3/c1-5-16-30-27(24-15-14-23(33-4)17-26(24)29)18-25(19-6-10-21(31-2)11-7-19)28(30)20-8-12-22(32-3)13-9-20/h6-15,17-18H,5,16H2,1-4H3. The predicted octanol–water partition coefficient (Wildman–Crippen LogP) is 7.06. The quantitative estimate of drug-likeness (QED) is 0.291. The van der Waals surface area contributed by atoms with Crippen molar-refractivity contribution in [1.82, 2.24) is 4.57 Å². The lowest BCUT2D eigenvalue weighted by Crippen LogP contribution is -2.03. The van der Waals surface area contributed by atoms with Crippen molar-refractivity contribution in [3.8, 4) is 50.9 Å². The van der Waals surface area contributed by atoms with Crippen LogP contribution in [0.3, 0.4) is 0 Å². The third-order valence-electron chi connectivity index (χ3n) is 5.76. The maximum atomic E-state index is 15.2. The minimum Gasteiger partial charge on any atom is -0.497 e. The fourth-order valence-corrected chi connectivity index (χ4v) is 4.11. The van der Waals surface area contributed by atoms with Crippen LogP contribution in [0.1, 0.15) is 13.3 Å².